The first-order chi connectivity index (χ1) is 9.54. The second-order valence-electron chi connectivity index (χ2n) is 5.88. The molecule has 1 aromatic heterocycles. The van der Waals surface area contributed by atoms with Crippen molar-refractivity contribution in [3.05, 3.63) is 11.6 Å². The lowest BCUT2D eigenvalue weighted by Crippen LogP contribution is -2.47. The molecule has 1 aromatic rings. The minimum absolute atomic E-state index is 0.144. The van der Waals surface area contributed by atoms with E-state index in [1.54, 1.807) is 4.90 Å². The van der Waals surface area contributed by atoms with Crippen LogP contribution in [0.25, 0.3) is 0 Å². The van der Waals surface area contributed by atoms with Crippen LogP contribution in [0.15, 0.2) is 0 Å². The monoisotopic (exact) mass is 279 g/mol. The van der Waals surface area contributed by atoms with Gasteiger partial charge in [0.1, 0.15) is 5.82 Å². The van der Waals surface area contributed by atoms with Crippen molar-refractivity contribution < 1.29 is 9.53 Å². The summed E-state index contributed by atoms with van der Waals surface area (Å²) in [5.41, 5.74) is -0.387. The van der Waals surface area contributed by atoms with E-state index in [1.807, 2.05) is 25.6 Å². The molecule has 2 saturated heterocycles. The minimum atomic E-state index is -0.387. The Morgan fingerprint density at radius 1 is 1.60 bits per heavy atom. The van der Waals surface area contributed by atoms with Gasteiger partial charge < -0.3 is 19.5 Å². The van der Waals surface area contributed by atoms with E-state index in [-0.39, 0.29) is 11.3 Å². The van der Waals surface area contributed by atoms with Gasteiger partial charge in [0.05, 0.1) is 25.2 Å². The number of carbonyl (C=O) groups excluding carboxylic acids is 1. The number of amides is 1. The summed E-state index contributed by atoms with van der Waals surface area (Å²) in [5, 5.41) is 11.5. The molecule has 20 heavy (non-hydrogen) atoms. The van der Waals surface area contributed by atoms with Gasteiger partial charge in [-0.15, -0.1) is 10.2 Å². The van der Waals surface area contributed by atoms with Gasteiger partial charge in [-0.1, -0.05) is 0 Å². The predicted octanol–water partition coefficient (Wildman–Crippen LogP) is -0.682. The van der Waals surface area contributed by atoms with Crippen LogP contribution in [0, 0.1) is 18.3 Å². The lowest BCUT2D eigenvalue weighted by molar-refractivity contribution is -0.141. The minimum Gasteiger partial charge on any atom is -0.380 e. The first kappa shape index (κ1) is 13.5. The maximum absolute atomic E-state index is 12.8. The van der Waals surface area contributed by atoms with Gasteiger partial charge in [0.25, 0.3) is 0 Å². The zero-order valence-corrected chi connectivity index (χ0v) is 12.2. The highest BCUT2D eigenvalue weighted by Crippen LogP contribution is 2.39. The first-order valence-electron chi connectivity index (χ1n) is 6.93. The Morgan fingerprint density at radius 3 is 3.10 bits per heavy atom. The van der Waals surface area contributed by atoms with Gasteiger partial charge in [-0.25, -0.2) is 0 Å². The average Bonchev–Trinajstić information content (AvgIpc) is 3.07. The molecule has 0 radical (unpaired) electrons. The Labute approximate surface area is 118 Å². The van der Waals surface area contributed by atoms with E-state index in [2.05, 4.69) is 15.5 Å². The number of ether oxygens (including phenoxy) is 1. The molecular formula is C13H21N5O2. The second-order valence-corrected chi connectivity index (χ2v) is 5.88. The molecule has 0 unspecified atom stereocenters. The molecule has 0 saturated carbocycles. The molecule has 7 heteroatoms. The zero-order valence-electron chi connectivity index (χ0n) is 12.2. The van der Waals surface area contributed by atoms with Gasteiger partial charge in [-0.2, -0.15) is 0 Å². The number of hydrogen-bond donors (Lipinski definition) is 1. The standard InChI is InChI=1S/C13H21N5O2/c1-9-15-16-11(18(9)3)5-17(2)12(19)13-7-14-4-10(13)6-20-8-13/h10,14H,4-8H2,1-3H3/t10-,13-/m0/s1. The lowest BCUT2D eigenvalue weighted by Gasteiger charge is -2.30. The quantitative estimate of drug-likeness (QED) is 0.793. The molecule has 1 N–H and O–H groups in total. The average molecular weight is 279 g/mol. The molecule has 3 heterocycles. The highest BCUT2D eigenvalue weighted by atomic mass is 16.5. The smallest absolute Gasteiger partial charge is 0.232 e. The number of rotatable bonds is 3. The molecular weight excluding hydrogens is 258 g/mol. The maximum atomic E-state index is 12.8. The summed E-state index contributed by atoms with van der Waals surface area (Å²) in [5.74, 6) is 2.09. The number of aromatic nitrogens is 3. The Hall–Kier alpha value is -1.47. The normalized spacial score (nSPS) is 28.6. The molecule has 7 nitrogen and oxygen atoms in total. The fourth-order valence-corrected chi connectivity index (χ4v) is 3.14. The largest absolute Gasteiger partial charge is 0.380 e. The molecule has 110 valence electrons. The van der Waals surface area contributed by atoms with Gasteiger partial charge >= 0.3 is 0 Å². The predicted molar refractivity (Wildman–Crippen MR) is 71.8 cm³/mol. The summed E-state index contributed by atoms with van der Waals surface area (Å²) in [4.78, 5) is 14.6. The fraction of sp³-hybridized carbons (Fsp3) is 0.769. The van der Waals surface area contributed by atoms with Crippen molar-refractivity contribution in [1.82, 2.24) is 25.0 Å². The molecule has 2 atom stereocenters. The van der Waals surface area contributed by atoms with Gasteiger partial charge in [0.15, 0.2) is 5.82 Å². The summed E-state index contributed by atoms with van der Waals surface area (Å²) in [7, 11) is 3.74. The SMILES string of the molecule is Cc1nnc(CN(C)C(=O)[C@]23CNC[C@H]2COC3)n1C. The lowest BCUT2D eigenvalue weighted by atomic mass is 9.79. The Kier molecular flexibility index (Phi) is 3.25. The van der Waals surface area contributed by atoms with Crippen LogP contribution in [0.2, 0.25) is 0 Å². The number of nitrogens with one attached hydrogen (secondary N) is 1. The highest BCUT2D eigenvalue weighted by molar-refractivity contribution is 5.84. The van der Waals surface area contributed by atoms with E-state index < -0.39 is 0 Å². The van der Waals surface area contributed by atoms with Crippen LogP contribution in [0.1, 0.15) is 11.6 Å². The van der Waals surface area contributed by atoms with Gasteiger partial charge in [0, 0.05) is 33.1 Å². The summed E-state index contributed by atoms with van der Waals surface area (Å²) >= 11 is 0. The number of carbonyl (C=O) groups is 1. The third-order valence-electron chi connectivity index (χ3n) is 4.63. The van der Waals surface area contributed by atoms with Crippen molar-refractivity contribution in [3.63, 3.8) is 0 Å². The number of nitrogens with zero attached hydrogens (tertiary/aromatic N) is 4. The van der Waals surface area contributed by atoms with Crippen molar-refractivity contribution in [2.24, 2.45) is 18.4 Å². The third kappa shape index (κ3) is 1.92. The first-order valence-corrected chi connectivity index (χ1v) is 6.93. The van der Waals surface area contributed by atoms with Crippen LogP contribution in [-0.2, 0) is 23.1 Å². The van der Waals surface area contributed by atoms with E-state index in [1.165, 1.54) is 0 Å². The highest BCUT2D eigenvalue weighted by Gasteiger charge is 2.54. The summed E-state index contributed by atoms with van der Waals surface area (Å²) in [6.45, 7) is 5.14. The Balaban J connectivity index is 1.75. The van der Waals surface area contributed by atoms with Crippen LogP contribution < -0.4 is 5.32 Å². The van der Waals surface area contributed by atoms with Gasteiger partial charge in [0.2, 0.25) is 5.91 Å². The molecule has 3 rings (SSSR count). The van der Waals surface area contributed by atoms with E-state index in [0.717, 1.165) is 18.2 Å². The second kappa shape index (κ2) is 4.82. The third-order valence-corrected chi connectivity index (χ3v) is 4.63. The van der Waals surface area contributed by atoms with Crippen LogP contribution in [0.5, 0.6) is 0 Å². The van der Waals surface area contributed by atoms with E-state index in [4.69, 9.17) is 4.74 Å². The molecule has 0 aliphatic carbocycles. The molecule has 1 amide bonds. The molecule has 0 spiro atoms. The molecule has 2 fully saturated rings. The van der Waals surface area contributed by atoms with E-state index in [9.17, 15) is 4.79 Å². The fourth-order valence-electron chi connectivity index (χ4n) is 3.14. The van der Waals surface area contributed by atoms with Crippen molar-refractivity contribution in [1.29, 1.82) is 0 Å². The summed E-state index contributed by atoms with van der Waals surface area (Å²) in [6, 6.07) is 0. The van der Waals surface area contributed by atoms with Crippen LogP contribution in [0.4, 0.5) is 0 Å². The topological polar surface area (TPSA) is 72.3 Å². The van der Waals surface area contributed by atoms with Crippen LogP contribution >= 0.6 is 0 Å². The Bertz CT molecular complexity index is 517. The number of fused-ring (bicyclic) bond motifs is 1. The van der Waals surface area contributed by atoms with E-state index >= 15 is 0 Å². The summed E-state index contributed by atoms with van der Waals surface area (Å²) < 4.78 is 7.46. The van der Waals surface area contributed by atoms with Crippen molar-refractivity contribution in [3.8, 4) is 0 Å². The van der Waals surface area contributed by atoms with Crippen LogP contribution in [0.3, 0.4) is 0 Å². The Morgan fingerprint density at radius 2 is 2.40 bits per heavy atom. The maximum Gasteiger partial charge on any atom is 0.232 e. The number of hydrogen-bond acceptors (Lipinski definition) is 5. The van der Waals surface area contributed by atoms with E-state index in [0.29, 0.717) is 32.2 Å². The van der Waals surface area contributed by atoms with Gasteiger partial charge in [-0.3, -0.25) is 4.79 Å². The molecule has 2 aliphatic heterocycles. The van der Waals surface area contributed by atoms with Crippen LogP contribution in [-0.4, -0.2) is 58.9 Å². The van der Waals surface area contributed by atoms with Crippen molar-refractivity contribution in [2.75, 3.05) is 33.4 Å². The van der Waals surface area contributed by atoms with Crippen molar-refractivity contribution in [2.45, 2.75) is 13.5 Å². The molecule has 0 bridgehead atoms. The van der Waals surface area contributed by atoms with Gasteiger partial charge in [-0.05, 0) is 6.92 Å². The molecule has 2 aliphatic rings. The number of aryl methyl sites for hydroxylation is 1. The summed E-state index contributed by atoms with van der Waals surface area (Å²) in [6.07, 6.45) is 0. The van der Waals surface area contributed by atoms with Crippen molar-refractivity contribution >= 4 is 5.91 Å². The zero-order chi connectivity index (χ0) is 14.3. The molecule has 0 aromatic carbocycles.